The molecule has 12 aromatic rings. The number of carbonyl (C=O) groups is 2. The molecule has 32 nitrogen and oxygen atoms in total. The van der Waals surface area contributed by atoms with E-state index in [-0.39, 0.29) is 85.5 Å². The molecule has 43 heteroatoms. The molecule has 9 aromatic heterocycles. The molecule has 4 saturated heterocycles. The van der Waals surface area contributed by atoms with E-state index in [2.05, 4.69) is 71.1 Å². The molecule has 0 saturated carbocycles. The van der Waals surface area contributed by atoms with Crippen LogP contribution in [0.4, 0.5) is 48.1 Å². The summed E-state index contributed by atoms with van der Waals surface area (Å²) in [4.78, 5) is 50.7. The number of fused-ring (bicyclic) bond motifs is 3. The number of rotatable bonds is 12. The molecule has 3 aromatic carbocycles. The van der Waals surface area contributed by atoms with Crippen molar-refractivity contribution < 1.29 is 117 Å². The maximum atomic E-state index is 13.6. The fourth-order valence-corrected chi connectivity index (χ4v) is 13.1. The maximum absolute atomic E-state index is 13.6. The molecule has 0 aliphatic carbocycles. The van der Waals surface area contributed by atoms with Crippen LogP contribution in [0.15, 0.2) is 132 Å². The Labute approximate surface area is 767 Å². The predicted molar refractivity (Wildman–Crippen MR) is 430 cm³/mol. The summed E-state index contributed by atoms with van der Waals surface area (Å²) in [5.41, 5.74) is 15.5. The number of nitrogens with one attached hydrogen (secondary N) is 2. The molecule has 13 heterocycles. The van der Waals surface area contributed by atoms with Gasteiger partial charge >= 0.3 is 130 Å². The van der Waals surface area contributed by atoms with Crippen LogP contribution in [-0.4, -0.2) is 250 Å². The van der Waals surface area contributed by atoms with Crippen LogP contribution < -0.4 is 98.2 Å². The molecular formula is C72H80BBrCl2F3K3N21O11P. The van der Waals surface area contributed by atoms with Crippen molar-refractivity contribution in [2.75, 3.05) is 110 Å². The summed E-state index contributed by atoms with van der Waals surface area (Å²) in [6, 6.07) is 30.2. The van der Waals surface area contributed by atoms with Crippen molar-refractivity contribution in [1.82, 2.24) is 73.1 Å². The average molecular weight is 1780 g/mol. The summed E-state index contributed by atoms with van der Waals surface area (Å²) in [7, 11) is 2.05. The van der Waals surface area contributed by atoms with Crippen molar-refractivity contribution in [3.05, 3.63) is 150 Å². The first kappa shape index (κ1) is 93.8. The fraction of sp³-hybridized carbons (Fsp3) is 0.347. The Balaban J connectivity index is 0.000000170. The Morgan fingerprint density at radius 2 is 0.878 bits per heavy atom. The summed E-state index contributed by atoms with van der Waals surface area (Å²) in [5, 5.41) is 41.9. The van der Waals surface area contributed by atoms with Crippen LogP contribution in [0.3, 0.4) is 0 Å². The van der Waals surface area contributed by atoms with Crippen LogP contribution >= 0.6 is 47.4 Å². The van der Waals surface area contributed by atoms with E-state index < -0.39 is 26.6 Å². The number of benzene rings is 3. The van der Waals surface area contributed by atoms with Gasteiger partial charge in [0.25, 0.3) is 0 Å². The van der Waals surface area contributed by atoms with Gasteiger partial charge in [0.1, 0.15) is 62.6 Å². The number of alkyl halides is 2. The zero-order valence-corrected chi connectivity index (χ0v) is 79.0. The number of aryl methyl sites for hydroxylation is 3. The first-order chi connectivity index (χ1) is 54.4. The second kappa shape index (κ2) is 43.4. The molecule has 0 radical (unpaired) electrons. The van der Waals surface area contributed by atoms with Crippen molar-refractivity contribution in [2.24, 2.45) is 21.1 Å². The standard InChI is InChI=1S/C22H22FN7O2.C20H20FN7O.C14H19BN4O3.C14H15BrFN3O.C2H4Cl2.3K.HO4P/c1-14(31)24-18-13-30-19(25-18)8-7-17(26-30)20-21(15-3-5-16(23)6-4-15)27-28(2)22(20)29-9-11-32-12-10-29;1-26-20(27-8-10-29-11-9-27)18(19(25-26)13-2-4-14(21)5-3-13)15-6-7-17-23-16(22)12-28(17)24-15;1-9(20)16-11-8-19-12(17-11)7-6-10(18-19)15-21-13(2,3)14(4,5)22-15;1-18-14(19-6-8-20-9-7-19)12(15)13(17-18)10-2-4-11(16)5-3-10;1-2(3)4;;;;1-4-5(2)3/h3-8,13H,9-12H2,1-2H3,(H,24,31);2-7,12H,8-11,22H2,1H3;6-8H,1-5H3,(H,16,20);2-5H,6-9H2,1H3;2H,1H3;;;;1H/q;;;;;;;+1;/p-1. The number of amides is 2. The Bertz CT molecular complexity index is 5270. The van der Waals surface area contributed by atoms with Gasteiger partial charge in [0.05, 0.1) is 102 Å². The number of hydrogen-bond acceptors (Lipinski definition) is 24. The van der Waals surface area contributed by atoms with E-state index in [0.717, 1.165) is 119 Å². The van der Waals surface area contributed by atoms with Crippen LogP contribution in [0, 0.1) is 17.5 Å². The molecular weight excluding hydrogens is 1700 g/mol. The van der Waals surface area contributed by atoms with Gasteiger partial charge in [-0.1, -0.05) is 0 Å². The molecule has 1 atom stereocenters. The number of nitrogens with two attached hydrogens (primary N) is 1. The van der Waals surface area contributed by atoms with E-state index in [0.29, 0.717) is 77.8 Å². The summed E-state index contributed by atoms with van der Waals surface area (Å²) >= 11 is 16.2. The van der Waals surface area contributed by atoms with Crippen LogP contribution in [0.2, 0.25) is 0 Å². The number of halogens is 6. The van der Waals surface area contributed by atoms with E-state index in [4.69, 9.17) is 87.6 Å². The third kappa shape index (κ3) is 24.6. The van der Waals surface area contributed by atoms with Gasteiger partial charge in [-0.3, -0.25) is 23.6 Å². The van der Waals surface area contributed by atoms with Crippen LogP contribution in [0.25, 0.3) is 73.2 Å². The van der Waals surface area contributed by atoms with Crippen LogP contribution in [0.5, 0.6) is 0 Å². The van der Waals surface area contributed by atoms with Crippen LogP contribution in [-0.2, 0) is 63.5 Å². The topological polar surface area (TPSA) is 357 Å². The molecule has 115 heavy (non-hydrogen) atoms. The number of morpholine rings is 3. The molecule has 4 aliphatic heterocycles. The molecule has 2 amide bonds. The number of carbonyl (C=O) groups excluding carboxylic acids is 2. The molecule has 1 unspecified atom stereocenters. The second-order valence-electron chi connectivity index (χ2n) is 26.6. The van der Waals surface area contributed by atoms with E-state index in [1.165, 1.54) is 113 Å². The second-order valence-corrected chi connectivity index (χ2v) is 29.5. The Morgan fingerprint density at radius 3 is 1.25 bits per heavy atom. The average Bonchev–Trinajstić information content (AvgIpc) is 1.62. The molecule has 0 bridgehead atoms. The molecule has 4 fully saturated rings. The van der Waals surface area contributed by atoms with Gasteiger partial charge in [0.2, 0.25) is 11.8 Å². The van der Waals surface area contributed by atoms with Gasteiger partial charge < -0.3 is 64.7 Å². The van der Waals surface area contributed by atoms with Crippen molar-refractivity contribution in [2.45, 2.75) is 64.5 Å². The van der Waals surface area contributed by atoms with Crippen LogP contribution in [0.1, 0.15) is 48.5 Å². The monoisotopic (exact) mass is 1780 g/mol. The number of nitrogens with zero attached hydrogens (tertiary/aromatic N) is 18. The van der Waals surface area contributed by atoms with Crippen molar-refractivity contribution >= 4 is 187 Å². The summed E-state index contributed by atoms with van der Waals surface area (Å²) in [6.07, 6.45) is 5.01. The Kier molecular flexibility index (Phi) is 35.4. The van der Waals surface area contributed by atoms with Gasteiger partial charge in [0, 0.05) is 90.9 Å². The number of nitrogen functional groups attached to an aromatic ring is 1. The SMILES string of the molecule is CC(=O)Nc1cn2nc(-c3c(-c4ccc(F)cc4)nn(C)c3N3CCOCC3)ccc2n1.CC(=O)Nc1cn2nc(B3OC(C)(C)C(C)(C)O3)ccc2n1.CC(Cl)Cl.Cn1nc(-c2ccc(F)cc2)c(-c2ccc3nc(N)cn3n2)c1N1CCOCC1.Cn1nc(-c2ccc(F)cc2)c(Br)c1N1CCOCC1.O=[P+]([O-])O[O-].[K+].[K][K]. The van der Waals surface area contributed by atoms with E-state index in [1.807, 2.05) is 99.3 Å². The molecule has 0 spiro atoms. The van der Waals surface area contributed by atoms with Crippen molar-refractivity contribution in [3.63, 3.8) is 0 Å². The quantitative estimate of drug-likeness (QED) is 0.0462. The Hall–Kier alpha value is -5.11. The molecule has 16 rings (SSSR count). The van der Waals surface area contributed by atoms with Crippen molar-refractivity contribution in [1.29, 1.82) is 0 Å². The minimum absolute atomic E-state index is 0. The summed E-state index contributed by atoms with van der Waals surface area (Å²) < 4.78 is 91.2. The minimum atomic E-state index is -3.15. The molecule has 4 N–H and O–H groups in total. The normalized spacial score (nSPS) is 15.0. The number of anilines is 6. The van der Waals surface area contributed by atoms with Gasteiger partial charge in [-0.05, 0) is 164 Å². The third-order valence-corrected chi connectivity index (χ3v) is 18.8. The molecule has 592 valence electrons. The van der Waals surface area contributed by atoms with Gasteiger partial charge in [0.15, 0.2) is 28.6 Å². The number of hydrogen-bond donors (Lipinski definition) is 3. The number of imidazole rings is 3. The van der Waals surface area contributed by atoms with Gasteiger partial charge in [-0.25, -0.2) is 46.3 Å². The summed E-state index contributed by atoms with van der Waals surface area (Å²) in [5.74, 6) is 3.01. The van der Waals surface area contributed by atoms with Crippen molar-refractivity contribution in [3.8, 4) is 56.3 Å². The first-order valence-electron chi connectivity index (χ1n) is 36.1. The number of aromatic nitrogens is 15. The zero-order valence-electron chi connectivity index (χ0n) is 65.6. The van der Waals surface area contributed by atoms with E-state index >= 15 is 0 Å². The first-order valence-corrected chi connectivity index (χ1v) is 54.8. The summed E-state index contributed by atoms with van der Waals surface area (Å²) in [6.45, 7) is 21.3. The Morgan fingerprint density at radius 1 is 0.557 bits per heavy atom. The zero-order chi connectivity index (χ0) is 82.3. The van der Waals surface area contributed by atoms with E-state index in [1.54, 1.807) is 75.5 Å². The van der Waals surface area contributed by atoms with Gasteiger partial charge in [-0.2, -0.15) is 30.6 Å². The van der Waals surface area contributed by atoms with E-state index in [9.17, 15) is 22.8 Å². The fourth-order valence-electron chi connectivity index (χ4n) is 12.3. The van der Waals surface area contributed by atoms with Gasteiger partial charge in [-0.15, -0.1) is 23.2 Å². The molecule has 4 aliphatic rings. The predicted octanol–water partition coefficient (Wildman–Crippen LogP) is 5.25. The number of ether oxygens (including phenoxy) is 3. The third-order valence-electron chi connectivity index (χ3n) is 18.0.